The van der Waals surface area contributed by atoms with E-state index < -0.39 is 0 Å². The van der Waals surface area contributed by atoms with Crippen molar-refractivity contribution in [2.45, 2.75) is 6.92 Å². The molecule has 1 aliphatic heterocycles. The molecule has 0 N–H and O–H groups in total. The molecule has 0 saturated carbocycles. The van der Waals surface area contributed by atoms with Crippen LogP contribution in [0.4, 0.5) is 0 Å². The minimum Gasteiger partial charge on any atom is -0.378 e. The zero-order chi connectivity index (χ0) is 9.15. The summed E-state index contributed by atoms with van der Waals surface area (Å²) < 4.78 is 5.10. The van der Waals surface area contributed by atoms with E-state index in [9.17, 15) is 0 Å². The first-order valence-corrected chi connectivity index (χ1v) is 4.21. The summed E-state index contributed by atoms with van der Waals surface area (Å²) in [6.45, 7) is 3.58. The maximum Gasteiger partial charge on any atom is 0.0756 e. The summed E-state index contributed by atoms with van der Waals surface area (Å²) in [6, 6.07) is 4.72. The van der Waals surface area contributed by atoms with Crippen molar-refractivity contribution in [2.75, 3.05) is 13.2 Å². The average molecular weight is 172 g/mol. The topological polar surface area (TPSA) is 22.1 Å². The van der Waals surface area contributed by atoms with Crippen molar-refractivity contribution in [3.05, 3.63) is 30.1 Å². The van der Waals surface area contributed by atoms with Gasteiger partial charge in [-0.2, -0.15) is 0 Å². The Kier molecular flexibility index (Phi) is 2.03. The third-order valence-electron chi connectivity index (χ3n) is 1.95. The first kappa shape index (κ1) is 8.28. The molecule has 2 rings (SSSR count). The molecule has 1 aromatic rings. The van der Waals surface area contributed by atoms with Crippen LogP contribution in [0.2, 0.25) is 0 Å². The normalized spacial score (nSPS) is 18.2. The lowest BCUT2D eigenvalue weighted by atomic mass is 9.89. The smallest absolute Gasteiger partial charge is 0.0756 e. The van der Waals surface area contributed by atoms with Gasteiger partial charge in [0.15, 0.2) is 0 Å². The largest absolute Gasteiger partial charge is 0.378 e. The summed E-state index contributed by atoms with van der Waals surface area (Å²) >= 11 is 0. The highest BCUT2D eigenvalue weighted by Gasteiger charge is 2.30. The van der Waals surface area contributed by atoms with Gasteiger partial charge in [-0.1, -0.05) is 11.8 Å². The van der Waals surface area contributed by atoms with Gasteiger partial charge in [-0.05, 0) is 13.0 Å². The zero-order valence-electron chi connectivity index (χ0n) is 7.50. The van der Waals surface area contributed by atoms with E-state index in [1.54, 1.807) is 12.4 Å². The first-order valence-electron chi connectivity index (χ1n) is 4.21. The highest BCUT2D eigenvalue weighted by atomic mass is 16.5. The van der Waals surface area contributed by atoms with Gasteiger partial charge >= 0.3 is 0 Å². The van der Waals surface area contributed by atoms with Crippen molar-refractivity contribution in [3.8, 4) is 11.8 Å². The van der Waals surface area contributed by atoms with E-state index in [0.717, 1.165) is 18.8 Å². The molecule has 65 valence electrons. The van der Waals surface area contributed by atoms with Crippen LogP contribution in [0.1, 0.15) is 12.5 Å². The van der Waals surface area contributed by atoms with Crippen LogP contribution < -0.4 is 0 Å². The van der Waals surface area contributed by atoms with Gasteiger partial charge in [-0.25, -0.2) is 0 Å². The van der Waals surface area contributed by atoms with E-state index >= 15 is 0 Å². The lowest BCUT2D eigenvalue weighted by Crippen LogP contribution is -2.38. The van der Waals surface area contributed by atoms with Gasteiger partial charge in [0, 0.05) is 24.0 Å². The third kappa shape index (κ3) is 1.88. The summed E-state index contributed by atoms with van der Waals surface area (Å²) in [5.74, 6) is 6.24. The number of hydrogen-bond acceptors (Lipinski definition) is 2. The average Bonchev–Trinajstić information content (AvgIpc) is 2.13. The molecule has 0 unspecified atom stereocenters. The lowest BCUT2D eigenvalue weighted by molar-refractivity contribution is -0.0648. The molecule has 13 heavy (non-hydrogen) atoms. The minimum atomic E-state index is 0.0514. The first-order chi connectivity index (χ1) is 6.29. The van der Waals surface area contributed by atoms with E-state index in [2.05, 4.69) is 29.8 Å². The van der Waals surface area contributed by atoms with Crippen LogP contribution in [0.25, 0.3) is 0 Å². The molecule has 0 amide bonds. The Labute approximate surface area is 77.9 Å². The quantitative estimate of drug-likeness (QED) is 0.550. The van der Waals surface area contributed by atoms with Crippen molar-refractivity contribution >= 4 is 0 Å². The maximum atomic E-state index is 5.10. The highest BCUT2D eigenvalue weighted by Crippen LogP contribution is 2.24. The molecule has 2 nitrogen and oxygen atoms in total. The fourth-order valence-corrected chi connectivity index (χ4v) is 1.10. The Morgan fingerprint density at radius 1 is 1.62 bits per heavy atom. The van der Waals surface area contributed by atoms with Crippen molar-refractivity contribution in [1.82, 2.24) is 4.98 Å². The number of rotatable bonds is 0. The van der Waals surface area contributed by atoms with Gasteiger partial charge < -0.3 is 4.74 Å². The molecule has 0 spiro atoms. The molecule has 1 fully saturated rings. The summed E-state index contributed by atoms with van der Waals surface area (Å²) in [4.78, 5) is 3.94. The van der Waals surface area contributed by atoms with E-state index in [-0.39, 0.29) is 5.41 Å². The minimum absolute atomic E-state index is 0.0514. The van der Waals surface area contributed by atoms with Crippen molar-refractivity contribution < 1.29 is 4.74 Å². The molecule has 0 atom stereocenters. The second-order valence-electron chi connectivity index (χ2n) is 3.48. The monoisotopic (exact) mass is 172 g/mol. The summed E-state index contributed by atoms with van der Waals surface area (Å²) in [5, 5.41) is 0. The van der Waals surface area contributed by atoms with Gasteiger partial charge in [-0.3, -0.25) is 4.98 Å². The SMILES string of the molecule is CC1(C#Cc2c[c]cnc2)COC1. The summed E-state index contributed by atoms with van der Waals surface area (Å²) in [7, 11) is 0. The van der Waals surface area contributed by atoms with Gasteiger partial charge in [0.25, 0.3) is 0 Å². The van der Waals surface area contributed by atoms with E-state index in [1.165, 1.54) is 0 Å². The third-order valence-corrected chi connectivity index (χ3v) is 1.95. The van der Waals surface area contributed by atoms with Crippen molar-refractivity contribution in [1.29, 1.82) is 0 Å². The van der Waals surface area contributed by atoms with Crippen LogP contribution in [0.3, 0.4) is 0 Å². The van der Waals surface area contributed by atoms with E-state index in [4.69, 9.17) is 4.74 Å². The molecule has 1 saturated heterocycles. The Bertz CT molecular complexity index is 343. The van der Waals surface area contributed by atoms with Gasteiger partial charge in [-0.15, -0.1) is 0 Å². The van der Waals surface area contributed by atoms with Gasteiger partial charge in [0.1, 0.15) is 0 Å². The summed E-state index contributed by atoms with van der Waals surface area (Å²) in [6.07, 6.45) is 3.37. The van der Waals surface area contributed by atoms with E-state index in [1.807, 2.05) is 6.07 Å². The second-order valence-corrected chi connectivity index (χ2v) is 3.48. The predicted molar refractivity (Wildman–Crippen MR) is 48.9 cm³/mol. The zero-order valence-corrected chi connectivity index (χ0v) is 7.50. The van der Waals surface area contributed by atoms with Gasteiger partial charge in [0.05, 0.1) is 18.6 Å². The lowest BCUT2D eigenvalue weighted by Gasteiger charge is -2.32. The molecule has 1 aliphatic rings. The fourth-order valence-electron chi connectivity index (χ4n) is 1.10. The van der Waals surface area contributed by atoms with Crippen LogP contribution in [0.5, 0.6) is 0 Å². The highest BCUT2D eigenvalue weighted by molar-refractivity contribution is 5.33. The van der Waals surface area contributed by atoms with Crippen LogP contribution in [-0.2, 0) is 4.74 Å². The van der Waals surface area contributed by atoms with Crippen LogP contribution >= 0.6 is 0 Å². The van der Waals surface area contributed by atoms with Gasteiger partial charge in [0.2, 0.25) is 0 Å². The fraction of sp³-hybridized carbons (Fsp3) is 0.364. The molecular weight excluding hydrogens is 162 g/mol. The number of pyridine rings is 1. The predicted octanol–water partition coefficient (Wildman–Crippen LogP) is 1.27. The number of hydrogen-bond donors (Lipinski definition) is 0. The second kappa shape index (κ2) is 3.20. The molecule has 2 heterocycles. The molecule has 0 bridgehead atoms. The maximum absolute atomic E-state index is 5.10. The van der Waals surface area contributed by atoms with Crippen LogP contribution in [0, 0.1) is 23.3 Å². The van der Waals surface area contributed by atoms with E-state index in [0.29, 0.717) is 0 Å². The van der Waals surface area contributed by atoms with Crippen LogP contribution in [-0.4, -0.2) is 18.2 Å². The Hall–Kier alpha value is -1.33. The molecule has 0 aromatic carbocycles. The standard InChI is InChI=1S/C11H10NO/c1-11(8-13-9-11)5-4-10-3-2-6-12-7-10/h3,6-7H,8-9H2,1H3. The number of nitrogens with zero attached hydrogens (tertiary/aromatic N) is 1. The molecule has 1 radical (unpaired) electrons. The van der Waals surface area contributed by atoms with Crippen LogP contribution in [0.15, 0.2) is 18.5 Å². The summed E-state index contributed by atoms with van der Waals surface area (Å²) in [5.41, 5.74) is 0.964. The Morgan fingerprint density at radius 3 is 3.00 bits per heavy atom. The Morgan fingerprint density at radius 2 is 2.46 bits per heavy atom. The molecule has 0 aliphatic carbocycles. The number of aromatic nitrogens is 1. The van der Waals surface area contributed by atoms with Crippen molar-refractivity contribution in [2.24, 2.45) is 5.41 Å². The Balaban J connectivity index is 2.13. The molecule has 2 heteroatoms. The molecular formula is C11H10NO. The number of ether oxygens (including phenoxy) is 1. The molecule has 1 aromatic heterocycles. The van der Waals surface area contributed by atoms with Crippen molar-refractivity contribution in [3.63, 3.8) is 0 Å².